The Morgan fingerprint density at radius 3 is 0.613 bits per heavy atom. The first kappa shape index (κ1) is 28.0. The van der Waals surface area contributed by atoms with E-state index in [1.165, 1.54) is 0 Å². The summed E-state index contributed by atoms with van der Waals surface area (Å²) < 4.78 is 0. The summed E-state index contributed by atoms with van der Waals surface area (Å²) in [6.07, 6.45) is 13.3. The van der Waals surface area contributed by atoms with Gasteiger partial charge in [0.2, 0.25) is 0 Å². The fourth-order valence-electron chi connectivity index (χ4n) is 1.45. The predicted molar refractivity (Wildman–Crippen MR) is 126 cm³/mol. The standard InChI is InChI=1S/4C5H6N2.2ClH.Rh/c4*6-5-1-3-7-4-2-5;;;/h4*1-4H,(H2,6,7);2*1H;/q;;;;;;+2/p-2. The minimum absolute atomic E-state index is 0.226. The molecule has 0 saturated carbocycles. The molecule has 0 spiro atoms. The summed E-state index contributed by atoms with van der Waals surface area (Å²) in [5.74, 6) is 0. The van der Waals surface area contributed by atoms with Crippen molar-refractivity contribution in [1.29, 1.82) is 0 Å². The molecule has 0 aliphatic carbocycles. The van der Waals surface area contributed by atoms with Crippen molar-refractivity contribution in [3.63, 3.8) is 0 Å². The van der Waals surface area contributed by atoms with Crippen molar-refractivity contribution in [2.75, 3.05) is 22.9 Å². The molecule has 0 saturated heterocycles. The summed E-state index contributed by atoms with van der Waals surface area (Å²) >= 11 is -0.226. The molecule has 0 bridgehead atoms. The zero-order valence-electron chi connectivity index (χ0n) is 16.4. The van der Waals surface area contributed by atoms with Crippen molar-refractivity contribution in [2.24, 2.45) is 0 Å². The molecule has 4 aromatic rings. The summed E-state index contributed by atoms with van der Waals surface area (Å²) in [5.41, 5.74) is 24.3. The summed E-state index contributed by atoms with van der Waals surface area (Å²) in [4.78, 5) is 15.1. The van der Waals surface area contributed by atoms with E-state index in [1.54, 1.807) is 98.1 Å². The molecular weight excluding hydrogens is 526 g/mol. The van der Waals surface area contributed by atoms with Gasteiger partial charge in [-0.3, -0.25) is 19.9 Å². The molecule has 0 radical (unpaired) electrons. The first-order valence-corrected chi connectivity index (χ1v) is 12.7. The van der Waals surface area contributed by atoms with Gasteiger partial charge in [-0.05, 0) is 48.5 Å². The van der Waals surface area contributed by atoms with Gasteiger partial charge in [-0.1, -0.05) is 0 Å². The topological polar surface area (TPSA) is 156 Å². The molecule has 4 rings (SSSR count). The van der Waals surface area contributed by atoms with Crippen LogP contribution in [-0.2, 0) is 15.1 Å². The van der Waals surface area contributed by atoms with Gasteiger partial charge < -0.3 is 22.9 Å². The Morgan fingerprint density at radius 1 is 0.419 bits per heavy atom. The van der Waals surface area contributed by atoms with Gasteiger partial charge in [0.1, 0.15) is 0 Å². The fourth-order valence-corrected chi connectivity index (χ4v) is 1.45. The van der Waals surface area contributed by atoms with Gasteiger partial charge >= 0.3 is 34.5 Å². The summed E-state index contributed by atoms with van der Waals surface area (Å²) in [5, 5.41) is 0. The van der Waals surface area contributed by atoms with Gasteiger partial charge in [0.25, 0.3) is 0 Å². The van der Waals surface area contributed by atoms with Crippen LogP contribution in [0.3, 0.4) is 0 Å². The average molecular weight is 550 g/mol. The number of pyridine rings is 4. The Hall–Kier alpha value is -3.00. The fraction of sp³-hybridized carbons (Fsp3) is 0. The molecule has 0 amide bonds. The first-order chi connectivity index (χ1) is 15.0. The Bertz CT molecular complexity index is 726. The molecule has 0 fully saturated rings. The van der Waals surface area contributed by atoms with Crippen LogP contribution in [0.4, 0.5) is 22.7 Å². The normalized spacial score (nSPS) is 8.45. The molecule has 0 unspecified atom stereocenters. The van der Waals surface area contributed by atoms with E-state index in [0.717, 1.165) is 22.7 Å². The summed E-state index contributed by atoms with van der Waals surface area (Å²) in [6, 6.07) is 14.0. The molecule has 4 heterocycles. The van der Waals surface area contributed by atoms with Crippen LogP contribution in [0.15, 0.2) is 98.1 Å². The van der Waals surface area contributed by atoms with E-state index >= 15 is 0 Å². The number of halogens is 2. The number of aromatic nitrogens is 4. The van der Waals surface area contributed by atoms with Crippen molar-refractivity contribution in [2.45, 2.75) is 0 Å². The van der Waals surface area contributed by atoms with Crippen molar-refractivity contribution < 1.29 is 15.1 Å². The molecule has 8 nitrogen and oxygen atoms in total. The number of anilines is 4. The molecule has 0 aliphatic rings. The average Bonchev–Trinajstić information content (AvgIpc) is 2.78. The maximum atomic E-state index is 5.32. The van der Waals surface area contributed by atoms with Crippen LogP contribution in [0.1, 0.15) is 0 Å². The van der Waals surface area contributed by atoms with Crippen LogP contribution >= 0.6 is 19.4 Å². The van der Waals surface area contributed by atoms with Crippen LogP contribution in [0, 0.1) is 0 Å². The second-order valence-corrected chi connectivity index (χ2v) is 7.66. The minimum atomic E-state index is -0.226. The van der Waals surface area contributed by atoms with Gasteiger partial charge in [0.15, 0.2) is 0 Å². The number of nitrogens with zero attached hydrogens (tertiary/aromatic N) is 4. The molecule has 167 valence electrons. The van der Waals surface area contributed by atoms with Crippen LogP contribution in [0.25, 0.3) is 0 Å². The Morgan fingerprint density at radius 2 is 0.548 bits per heavy atom. The van der Waals surface area contributed by atoms with Crippen LogP contribution in [0.2, 0.25) is 0 Å². The second kappa shape index (κ2) is 20.3. The third-order valence-electron chi connectivity index (χ3n) is 2.82. The van der Waals surface area contributed by atoms with Gasteiger partial charge in [0.05, 0.1) is 0 Å². The van der Waals surface area contributed by atoms with Gasteiger partial charge in [-0.2, -0.15) is 0 Å². The number of nitrogen functional groups attached to an aromatic ring is 4. The van der Waals surface area contributed by atoms with Crippen molar-refractivity contribution in [3.8, 4) is 0 Å². The third-order valence-corrected chi connectivity index (χ3v) is 2.82. The van der Waals surface area contributed by atoms with E-state index in [2.05, 4.69) is 19.9 Å². The van der Waals surface area contributed by atoms with E-state index < -0.39 is 0 Å². The first-order valence-electron chi connectivity index (χ1n) is 8.45. The predicted octanol–water partition coefficient (Wildman–Crippen LogP) is 4.03. The molecule has 11 heteroatoms. The molecule has 4 aromatic heterocycles. The number of hydrogen-bond acceptors (Lipinski definition) is 8. The quantitative estimate of drug-likeness (QED) is 0.239. The van der Waals surface area contributed by atoms with E-state index in [-0.39, 0.29) is 15.1 Å². The van der Waals surface area contributed by atoms with E-state index in [0.29, 0.717) is 0 Å². The monoisotopic (exact) mass is 549 g/mol. The van der Waals surface area contributed by atoms with Crippen LogP contribution < -0.4 is 22.9 Å². The molecule has 31 heavy (non-hydrogen) atoms. The third kappa shape index (κ3) is 20.1. The zero-order chi connectivity index (χ0) is 23.2. The number of nitrogens with two attached hydrogens (primary N) is 4. The van der Waals surface area contributed by atoms with E-state index in [1.807, 2.05) is 0 Å². The maximum absolute atomic E-state index is 5.32. The van der Waals surface area contributed by atoms with E-state index in [4.69, 9.17) is 42.3 Å². The Labute approximate surface area is 197 Å². The van der Waals surface area contributed by atoms with Crippen LogP contribution in [0.5, 0.6) is 0 Å². The Kier molecular flexibility index (Phi) is 18.3. The Balaban J connectivity index is 0.000000371. The number of hydrogen-bond donors (Lipinski definition) is 4. The van der Waals surface area contributed by atoms with Crippen LogP contribution in [-0.4, -0.2) is 19.9 Å². The molecule has 8 N–H and O–H groups in total. The molecule has 0 atom stereocenters. The van der Waals surface area contributed by atoms with Gasteiger partial charge in [-0.15, -0.1) is 0 Å². The second-order valence-electron chi connectivity index (χ2n) is 5.17. The van der Waals surface area contributed by atoms with Gasteiger partial charge in [0, 0.05) is 72.3 Å². The summed E-state index contributed by atoms with van der Waals surface area (Å²) in [6.45, 7) is 0. The number of rotatable bonds is 0. The summed E-state index contributed by atoms with van der Waals surface area (Å²) in [7, 11) is 9.67. The van der Waals surface area contributed by atoms with Crippen molar-refractivity contribution in [3.05, 3.63) is 98.1 Å². The molecule has 0 aromatic carbocycles. The van der Waals surface area contributed by atoms with Crippen molar-refractivity contribution in [1.82, 2.24) is 19.9 Å². The van der Waals surface area contributed by atoms with E-state index in [9.17, 15) is 0 Å². The molecular formula is C20H24Cl2N8Rh. The molecule has 0 aliphatic heterocycles. The van der Waals surface area contributed by atoms with Gasteiger partial charge in [-0.25, -0.2) is 0 Å². The zero-order valence-corrected chi connectivity index (χ0v) is 19.6. The SMILES string of the molecule is Nc1ccncc1.Nc1ccncc1.Nc1ccncc1.Nc1ccncc1.[Cl][Rh][Cl]. The van der Waals surface area contributed by atoms with Crippen molar-refractivity contribution >= 4 is 42.1 Å².